The summed E-state index contributed by atoms with van der Waals surface area (Å²) < 4.78 is 55.6. The molecule has 0 spiro atoms. The smallest absolute Gasteiger partial charge is 0.339 e. The number of nitrogens with two attached hydrogens (primary N) is 1. The SMILES string of the molecule is CCN1C(=O)[C@@H](NC(=O)c2cccc(C(F)(F)F)c2)[C@@H](c2ccc(F)cc2)c2c([C@H](C)N)nn(-c3ccccc3)c21. The van der Waals surface area contributed by atoms with Gasteiger partial charge in [-0.05, 0) is 61.9 Å². The highest BCUT2D eigenvalue weighted by Crippen LogP contribution is 2.45. The van der Waals surface area contributed by atoms with Gasteiger partial charge in [0.2, 0.25) is 0 Å². The predicted octanol–water partition coefficient (Wildman–Crippen LogP) is 5.35. The Labute approximate surface area is 233 Å². The summed E-state index contributed by atoms with van der Waals surface area (Å²) in [5.74, 6) is -2.27. The summed E-state index contributed by atoms with van der Waals surface area (Å²) in [6, 6.07) is 16.8. The van der Waals surface area contributed by atoms with E-state index in [4.69, 9.17) is 10.8 Å². The topological polar surface area (TPSA) is 93.2 Å². The molecular formula is C30H27F4N5O2. The second-order valence-corrected chi connectivity index (χ2v) is 9.80. The molecule has 3 aromatic carbocycles. The maximum Gasteiger partial charge on any atom is 0.416 e. The van der Waals surface area contributed by atoms with Crippen molar-refractivity contribution in [3.63, 3.8) is 0 Å². The average Bonchev–Trinajstić information content (AvgIpc) is 3.34. The molecule has 2 heterocycles. The standard InChI is InChI=1S/C30H27F4N5O2/c1-3-38-28-24(25(17(2)35)37-39(28)22-10-5-4-6-11-22)23(18-12-14-21(31)15-13-18)26(29(38)41)36-27(40)19-8-7-9-20(16-19)30(32,33)34/h4-17,23,26H,3,35H2,1-2H3,(H,36,40)/t17-,23-,26-/m0/s1. The van der Waals surface area contributed by atoms with Crippen LogP contribution in [0.5, 0.6) is 0 Å². The van der Waals surface area contributed by atoms with Crippen LogP contribution in [0.4, 0.5) is 23.4 Å². The van der Waals surface area contributed by atoms with Crippen molar-refractivity contribution in [2.24, 2.45) is 5.73 Å². The molecule has 212 valence electrons. The number of benzene rings is 3. The minimum Gasteiger partial charge on any atom is -0.339 e. The third kappa shape index (κ3) is 5.20. The average molecular weight is 566 g/mol. The number of fused-ring (bicyclic) bond motifs is 1. The van der Waals surface area contributed by atoms with Crippen LogP contribution in [0, 0.1) is 5.82 Å². The van der Waals surface area contributed by atoms with Crippen LogP contribution in [0.2, 0.25) is 0 Å². The van der Waals surface area contributed by atoms with Gasteiger partial charge in [-0.15, -0.1) is 0 Å². The van der Waals surface area contributed by atoms with Crippen molar-refractivity contribution in [3.05, 3.63) is 113 Å². The zero-order chi connectivity index (χ0) is 29.5. The summed E-state index contributed by atoms with van der Waals surface area (Å²) >= 11 is 0. The van der Waals surface area contributed by atoms with E-state index < -0.39 is 47.4 Å². The number of alkyl halides is 3. The monoisotopic (exact) mass is 565 g/mol. The first kappa shape index (κ1) is 28.0. The van der Waals surface area contributed by atoms with Gasteiger partial charge in [-0.2, -0.15) is 18.3 Å². The number of likely N-dealkylation sites (N-methyl/N-ethyl adjacent to an activating group) is 1. The molecule has 41 heavy (non-hydrogen) atoms. The first-order valence-electron chi connectivity index (χ1n) is 13.0. The number of carbonyl (C=O) groups excluding carboxylic acids is 2. The van der Waals surface area contributed by atoms with Gasteiger partial charge in [0.05, 0.1) is 16.9 Å². The van der Waals surface area contributed by atoms with Gasteiger partial charge in [-0.25, -0.2) is 9.07 Å². The van der Waals surface area contributed by atoms with Crippen LogP contribution >= 0.6 is 0 Å². The van der Waals surface area contributed by atoms with E-state index in [9.17, 15) is 27.2 Å². The minimum absolute atomic E-state index is 0.203. The van der Waals surface area contributed by atoms with Crippen LogP contribution in [-0.4, -0.2) is 34.2 Å². The first-order chi connectivity index (χ1) is 19.5. The van der Waals surface area contributed by atoms with Gasteiger partial charge in [0.25, 0.3) is 11.8 Å². The number of anilines is 1. The fourth-order valence-electron chi connectivity index (χ4n) is 5.20. The van der Waals surface area contributed by atoms with Gasteiger partial charge in [-0.1, -0.05) is 36.4 Å². The molecule has 3 atom stereocenters. The fraction of sp³-hybridized carbons (Fsp3) is 0.233. The summed E-state index contributed by atoms with van der Waals surface area (Å²) in [5.41, 5.74) is 7.32. The second-order valence-electron chi connectivity index (χ2n) is 9.80. The van der Waals surface area contributed by atoms with Crippen LogP contribution in [-0.2, 0) is 11.0 Å². The zero-order valence-corrected chi connectivity index (χ0v) is 22.2. The van der Waals surface area contributed by atoms with Crippen LogP contribution in [0.25, 0.3) is 5.69 Å². The predicted molar refractivity (Wildman–Crippen MR) is 145 cm³/mol. The summed E-state index contributed by atoms with van der Waals surface area (Å²) in [6.45, 7) is 3.71. The third-order valence-corrected chi connectivity index (χ3v) is 7.07. The van der Waals surface area contributed by atoms with Gasteiger partial charge in [0, 0.05) is 29.6 Å². The van der Waals surface area contributed by atoms with E-state index in [0.717, 1.165) is 18.2 Å². The van der Waals surface area contributed by atoms with Crippen molar-refractivity contribution in [1.82, 2.24) is 15.1 Å². The molecule has 0 radical (unpaired) electrons. The molecule has 0 fully saturated rings. The van der Waals surface area contributed by atoms with Gasteiger partial charge in [0.1, 0.15) is 17.7 Å². The number of halogens is 4. The van der Waals surface area contributed by atoms with Crippen LogP contribution < -0.4 is 16.0 Å². The molecule has 0 aliphatic carbocycles. The molecule has 5 rings (SSSR count). The molecule has 1 aliphatic heterocycles. The zero-order valence-electron chi connectivity index (χ0n) is 22.2. The van der Waals surface area contributed by atoms with Crippen LogP contribution in [0.3, 0.4) is 0 Å². The molecule has 2 amide bonds. The largest absolute Gasteiger partial charge is 0.416 e. The molecule has 11 heteroatoms. The van der Waals surface area contributed by atoms with Gasteiger partial charge >= 0.3 is 6.18 Å². The van der Waals surface area contributed by atoms with E-state index in [1.54, 1.807) is 18.5 Å². The Morgan fingerprint density at radius 2 is 1.73 bits per heavy atom. The van der Waals surface area contributed by atoms with E-state index in [0.29, 0.717) is 28.3 Å². The van der Waals surface area contributed by atoms with Crippen molar-refractivity contribution in [2.45, 2.75) is 38.0 Å². The number of aromatic nitrogens is 2. The normalized spacial score (nSPS) is 17.7. The summed E-state index contributed by atoms with van der Waals surface area (Å²) in [4.78, 5) is 28.9. The van der Waals surface area contributed by atoms with Gasteiger partial charge in [-0.3, -0.25) is 14.5 Å². The molecule has 4 aromatic rings. The lowest BCUT2D eigenvalue weighted by molar-refractivity contribution is -0.137. The molecule has 1 aliphatic rings. The van der Waals surface area contributed by atoms with E-state index in [2.05, 4.69) is 5.32 Å². The lowest BCUT2D eigenvalue weighted by Crippen LogP contribution is -2.55. The molecule has 1 aromatic heterocycles. The number of nitrogens with zero attached hydrogens (tertiary/aromatic N) is 3. The number of nitrogens with one attached hydrogen (secondary N) is 1. The molecule has 0 saturated carbocycles. The highest BCUT2D eigenvalue weighted by atomic mass is 19.4. The number of hydrogen-bond acceptors (Lipinski definition) is 4. The van der Waals surface area contributed by atoms with E-state index in [1.165, 1.54) is 35.2 Å². The van der Waals surface area contributed by atoms with Crippen molar-refractivity contribution >= 4 is 17.6 Å². The summed E-state index contributed by atoms with van der Waals surface area (Å²) in [6.07, 6.45) is -4.65. The Morgan fingerprint density at radius 1 is 1.05 bits per heavy atom. The number of rotatable bonds is 6. The molecule has 7 nitrogen and oxygen atoms in total. The number of amides is 2. The molecule has 0 unspecified atom stereocenters. The van der Waals surface area contributed by atoms with Crippen LogP contribution in [0.15, 0.2) is 78.9 Å². The van der Waals surface area contributed by atoms with E-state index in [-0.39, 0.29) is 12.1 Å². The Balaban J connectivity index is 1.70. The molecular weight excluding hydrogens is 538 g/mol. The van der Waals surface area contributed by atoms with E-state index >= 15 is 0 Å². The Kier molecular flexibility index (Phi) is 7.39. The lowest BCUT2D eigenvalue weighted by atomic mass is 9.80. The second kappa shape index (κ2) is 10.8. The Bertz CT molecular complexity index is 1580. The molecule has 0 saturated heterocycles. The maximum atomic E-state index is 14.1. The summed E-state index contributed by atoms with van der Waals surface area (Å²) in [7, 11) is 0. The first-order valence-corrected chi connectivity index (χ1v) is 13.0. The fourth-order valence-corrected chi connectivity index (χ4v) is 5.20. The maximum absolute atomic E-state index is 14.1. The number of hydrogen-bond donors (Lipinski definition) is 2. The minimum atomic E-state index is -4.65. The third-order valence-electron chi connectivity index (χ3n) is 7.07. The number of carbonyl (C=O) groups is 2. The van der Waals surface area contributed by atoms with Gasteiger partial charge < -0.3 is 11.1 Å². The quantitative estimate of drug-likeness (QED) is 0.309. The molecule has 3 N–H and O–H groups in total. The highest BCUT2D eigenvalue weighted by Gasteiger charge is 2.46. The summed E-state index contributed by atoms with van der Waals surface area (Å²) in [5, 5.41) is 7.46. The van der Waals surface area contributed by atoms with Crippen molar-refractivity contribution in [2.75, 3.05) is 11.4 Å². The van der Waals surface area contributed by atoms with E-state index in [1.807, 2.05) is 30.3 Å². The van der Waals surface area contributed by atoms with Gasteiger partial charge in [0.15, 0.2) is 0 Å². The Morgan fingerprint density at radius 3 is 2.34 bits per heavy atom. The molecule has 0 bridgehead atoms. The number of para-hydroxylation sites is 1. The highest BCUT2D eigenvalue weighted by molar-refractivity contribution is 6.05. The van der Waals surface area contributed by atoms with Crippen molar-refractivity contribution in [3.8, 4) is 5.69 Å². The Hall–Kier alpha value is -4.51. The van der Waals surface area contributed by atoms with Crippen LogP contribution in [0.1, 0.15) is 58.5 Å². The van der Waals surface area contributed by atoms with Crippen molar-refractivity contribution in [1.29, 1.82) is 0 Å². The lowest BCUT2D eigenvalue weighted by Gasteiger charge is -2.38. The van der Waals surface area contributed by atoms with Crippen molar-refractivity contribution < 1.29 is 27.2 Å².